The van der Waals surface area contributed by atoms with Gasteiger partial charge in [0.1, 0.15) is 0 Å². The van der Waals surface area contributed by atoms with E-state index in [-0.39, 0.29) is 23.1 Å². The van der Waals surface area contributed by atoms with Gasteiger partial charge in [-0.15, -0.1) is 0 Å². The minimum absolute atomic E-state index is 0.0315. The molecule has 0 aliphatic carbocycles. The first-order valence-electron chi connectivity index (χ1n) is 9.71. The molecule has 0 saturated heterocycles. The van der Waals surface area contributed by atoms with Gasteiger partial charge in [0.2, 0.25) is 0 Å². The Balaban J connectivity index is 1.87. The average molecular weight is 414 g/mol. The number of Topliss-reactive ketones (excluding diaryl/α,β-unsaturated/α-hetero) is 1. The minimum atomic E-state index is -0.0698. The zero-order chi connectivity index (χ0) is 21.1. The molecule has 0 saturated carbocycles. The third-order valence-electron chi connectivity index (χ3n) is 5.11. The molecule has 2 heterocycles. The van der Waals surface area contributed by atoms with Crippen molar-refractivity contribution < 1.29 is 9.53 Å². The molecular weight excluding hydrogens is 386 g/mol. The number of fused-ring (bicyclic) bond motifs is 1. The van der Waals surface area contributed by atoms with Gasteiger partial charge in [0.05, 0.1) is 29.3 Å². The van der Waals surface area contributed by atoms with Crippen molar-refractivity contribution in [2.45, 2.75) is 45.4 Å². The minimum Gasteiger partial charge on any atom is -0.383 e. The number of aryl methyl sites for hydroxylation is 1. The summed E-state index contributed by atoms with van der Waals surface area (Å²) < 4.78 is 9.03. The van der Waals surface area contributed by atoms with Crippen molar-refractivity contribution in [3.63, 3.8) is 0 Å². The van der Waals surface area contributed by atoms with Gasteiger partial charge in [0.15, 0.2) is 10.9 Å². The van der Waals surface area contributed by atoms with Crippen LogP contribution in [0.2, 0.25) is 0 Å². The summed E-state index contributed by atoms with van der Waals surface area (Å²) in [6.45, 7) is 9.05. The molecule has 1 aromatic carbocycles. The van der Waals surface area contributed by atoms with Crippen LogP contribution < -0.4 is 5.56 Å². The molecule has 0 fully saturated rings. The van der Waals surface area contributed by atoms with E-state index in [0.717, 1.165) is 11.4 Å². The fourth-order valence-electron chi connectivity index (χ4n) is 3.80. The van der Waals surface area contributed by atoms with Crippen LogP contribution in [-0.4, -0.2) is 39.4 Å². The van der Waals surface area contributed by atoms with Crippen LogP contribution in [0.15, 0.2) is 40.3 Å². The molecule has 154 valence electrons. The molecule has 7 heteroatoms. The summed E-state index contributed by atoms with van der Waals surface area (Å²) >= 11 is 1.31. The van der Waals surface area contributed by atoms with Crippen molar-refractivity contribution in [2.24, 2.45) is 0 Å². The van der Waals surface area contributed by atoms with Gasteiger partial charge in [-0.2, -0.15) is 0 Å². The number of nitrogens with zero attached hydrogens (tertiary/aromatic N) is 3. The first kappa shape index (κ1) is 21.3. The highest BCUT2D eigenvalue weighted by molar-refractivity contribution is 7.99. The number of carbonyl (C=O) groups is 1. The van der Waals surface area contributed by atoms with E-state index in [9.17, 15) is 9.59 Å². The topological polar surface area (TPSA) is 66.1 Å². The van der Waals surface area contributed by atoms with Crippen LogP contribution in [0, 0.1) is 13.8 Å². The quantitative estimate of drug-likeness (QED) is 0.317. The SMILES string of the molecule is CCn1c(SCC(=O)c2cc(C)n(C(C)COC)c2C)nc2ccccc2c1=O. The highest BCUT2D eigenvalue weighted by Crippen LogP contribution is 2.24. The summed E-state index contributed by atoms with van der Waals surface area (Å²) in [5.41, 5.74) is 3.28. The standard InChI is InChI=1S/C22H27N3O3S/c1-6-24-21(27)17-9-7-8-10-19(17)23-22(24)29-13-20(26)18-11-14(2)25(16(18)4)15(3)12-28-5/h7-11,15H,6,12-13H2,1-5H3. The average Bonchev–Trinajstić information content (AvgIpc) is 3.00. The smallest absolute Gasteiger partial charge is 0.262 e. The molecule has 2 aromatic heterocycles. The lowest BCUT2D eigenvalue weighted by Crippen LogP contribution is -2.23. The summed E-state index contributed by atoms with van der Waals surface area (Å²) in [6, 6.07) is 9.40. The van der Waals surface area contributed by atoms with Crippen molar-refractivity contribution >= 4 is 28.4 Å². The second-order valence-corrected chi connectivity index (χ2v) is 8.07. The number of ketones is 1. The van der Waals surface area contributed by atoms with Crippen molar-refractivity contribution in [2.75, 3.05) is 19.5 Å². The normalized spacial score (nSPS) is 12.4. The van der Waals surface area contributed by atoms with Gasteiger partial charge in [-0.1, -0.05) is 23.9 Å². The Morgan fingerprint density at radius 3 is 2.69 bits per heavy atom. The van der Waals surface area contributed by atoms with Crippen molar-refractivity contribution in [1.29, 1.82) is 0 Å². The number of rotatable bonds is 8. The largest absolute Gasteiger partial charge is 0.383 e. The summed E-state index contributed by atoms with van der Waals surface area (Å²) in [4.78, 5) is 30.3. The molecule has 3 aromatic rings. The maximum atomic E-state index is 13.0. The van der Waals surface area contributed by atoms with Gasteiger partial charge in [0, 0.05) is 30.6 Å². The Bertz CT molecular complexity index is 1100. The fourth-order valence-corrected chi connectivity index (χ4v) is 4.74. The van der Waals surface area contributed by atoms with E-state index in [1.165, 1.54) is 11.8 Å². The maximum absolute atomic E-state index is 13.0. The number of benzene rings is 1. The van der Waals surface area contributed by atoms with Crippen LogP contribution in [0.1, 0.15) is 41.6 Å². The van der Waals surface area contributed by atoms with Crippen LogP contribution >= 0.6 is 11.8 Å². The lowest BCUT2D eigenvalue weighted by Gasteiger charge is -2.17. The van der Waals surface area contributed by atoms with E-state index >= 15 is 0 Å². The molecule has 0 amide bonds. The number of methoxy groups -OCH3 is 1. The van der Waals surface area contributed by atoms with E-state index < -0.39 is 0 Å². The van der Waals surface area contributed by atoms with E-state index in [4.69, 9.17) is 4.74 Å². The van der Waals surface area contributed by atoms with E-state index in [1.54, 1.807) is 17.7 Å². The summed E-state index contributed by atoms with van der Waals surface area (Å²) in [6.07, 6.45) is 0. The lowest BCUT2D eigenvalue weighted by atomic mass is 10.2. The number of aromatic nitrogens is 3. The van der Waals surface area contributed by atoms with Crippen LogP contribution in [0.5, 0.6) is 0 Å². The maximum Gasteiger partial charge on any atom is 0.262 e. The Morgan fingerprint density at radius 1 is 1.28 bits per heavy atom. The van der Waals surface area contributed by atoms with Gasteiger partial charge < -0.3 is 9.30 Å². The molecule has 0 aliphatic heterocycles. The predicted molar refractivity (Wildman–Crippen MR) is 117 cm³/mol. The Labute approximate surface area is 174 Å². The van der Waals surface area contributed by atoms with Gasteiger partial charge >= 0.3 is 0 Å². The molecular formula is C22H27N3O3S. The number of para-hydroxylation sites is 1. The van der Waals surface area contributed by atoms with Gasteiger partial charge in [0.25, 0.3) is 5.56 Å². The highest BCUT2D eigenvalue weighted by atomic mass is 32.2. The van der Waals surface area contributed by atoms with Crippen LogP contribution in [0.25, 0.3) is 10.9 Å². The summed E-state index contributed by atoms with van der Waals surface area (Å²) in [5.74, 6) is 0.261. The van der Waals surface area contributed by atoms with Crippen molar-refractivity contribution in [3.05, 3.63) is 57.6 Å². The molecule has 0 aliphatic rings. The second-order valence-electron chi connectivity index (χ2n) is 7.13. The number of hydrogen-bond donors (Lipinski definition) is 0. The number of ether oxygens (including phenoxy) is 1. The molecule has 1 atom stereocenters. The van der Waals surface area contributed by atoms with Gasteiger partial charge in [-0.3, -0.25) is 14.2 Å². The van der Waals surface area contributed by atoms with E-state index in [0.29, 0.717) is 34.8 Å². The second kappa shape index (κ2) is 8.97. The number of thioether (sulfide) groups is 1. The van der Waals surface area contributed by atoms with Crippen LogP contribution in [-0.2, 0) is 11.3 Å². The van der Waals surface area contributed by atoms with Crippen molar-refractivity contribution in [1.82, 2.24) is 14.1 Å². The van der Waals surface area contributed by atoms with Crippen LogP contribution in [0.4, 0.5) is 0 Å². The molecule has 0 radical (unpaired) electrons. The third kappa shape index (κ3) is 4.16. The van der Waals surface area contributed by atoms with Gasteiger partial charge in [-0.25, -0.2) is 4.98 Å². The first-order valence-corrected chi connectivity index (χ1v) is 10.7. The summed E-state index contributed by atoms with van der Waals surface area (Å²) in [7, 11) is 1.68. The molecule has 6 nitrogen and oxygen atoms in total. The highest BCUT2D eigenvalue weighted by Gasteiger charge is 2.20. The van der Waals surface area contributed by atoms with Crippen LogP contribution in [0.3, 0.4) is 0 Å². The number of carbonyl (C=O) groups excluding carboxylic acids is 1. The molecule has 1 unspecified atom stereocenters. The zero-order valence-electron chi connectivity index (χ0n) is 17.6. The van der Waals surface area contributed by atoms with Crippen molar-refractivity contribution in [3.8, 4) is 0 Å². The third-order valence-corrected chi connectivity index (χ3v) is 6.09. The Kier molecular flexibility index (Phi) is 6.59. The lowest BCUT2D eigenvalue weighted by molar-refractivity contribution is 0.102. The fraction of sp³-hybridized carbons (Fsp3) is 0.409. The van der Waals surface area contributed by atoms with E-state index in [2.05, 4.69) is 16.5 Å². The predicted octanol–water partition coefficient (Wildman–Crippen LogP) is 4.02. The molecule has 0 spiro atoms. The molecule has 29 heavy (non-hydrogen) atoms. The molecule has 3 rings (SSSR count). The first-order chi connectivity index (χ1) is 13.9. The molecule has 0 bridgehead atoms. The zero-order valence-corrected chi connectivity index (χ0v) is 18.4. The Morgan fingerprint density at radius 2 is 2.00 bits per heavy atom. The van der Waals surface area contributed by atoms with Gasteiger partial charge in [-0.05, 0) is 45.9 Å². The monoisotopic (exact) mass is 413 g/mol. The molecule has 0 N–H and O–H groups in total. The number of hydrogen-bond acceptors (Lipinski definition) is 5. The van der Waals surface area contributed by atoms with E-state index in [1.807, 2.05) is 45.0 Å². The Hall–Kier alpha value is -2.38. The summed E-state index contributed by atoms with van der Waals surface area (Å²) in [5, 5.41) is 1.17.